The molecular weight excluding hydrogens is 391 g/mol. The Kier molecular flexibility index (Phi) is 4.88. The Morgan fingerprint density at radius 2 is 2.04 bits per heavy atom. The highest BCUT2D eigenvalue weighted by Crippen LogP contribution is 2.34. The molecule has 0 radical (unpaired) electrons. The molecule has 1 aromatic heterocycles. The Labute approximate surface area is 163 Å². The van der Waals surface area contributed by atoms with Crippen molar-refractivity contribution in [1.29, 1.82) is 5.41 Å². The van der Waals surface area contributed by atoms with Gasteiger partial charge >= 0.3 is 6.18 Å². The number of ether oxygens (including phenoxy) is 1. The van der Waals surface area contributed by atoms with E-state index in [4.69, 9.17) is 10.1 Å². The van der Waals surface area contributed by atoms with Crippen LogP contribution in [0.1, 0.15) is 23.4 Å². The fourth-order valence-electron chi connectivity index (χ4n) is 3.40. The summed E-state index contributed by atoms with van der Waals surface area (Å²) in [5.74, 6) is 0.276. The van der Waals surface area contributed by atoms with Gasteiger partial charge in [0.25, 0.3) is 0 Å². The summed E-state index contributed by atoms with van der Waals surface area (Å²) < 4.78 is 43.7. The summed E-state index contributed by atoms with van der Waals surface area (Å²) in [6.45, 7) is 1.51. The second-order valence-corrected chi connectivity index (χ2v) is 7.66. The zero-order valence-electron chi connectivity index (χ0n) is 14.8. The van der Waals surface area contributed by atoms with Crippen LogP contribution < -0.4 is 0 Å². The van der Waals surface area contributed by atoms with Crippen molar-refractivity contribution in [2.45, 2.75) is 25.1 Å². The van der Waals surface area contributed by atoms with Gasteiger partial charge in [0.2, 0.25) is 0 Å². The number of halogens is 3. The molecule has 2 aliphatic rings. The molecule has 1 atom stereocenters. The van der Waals surface area contributed by atoms with Crippen molar-refractivity contribution in [1.82, 2.24) is 9.88 Å². The molecule has 2 aromatic rings. The van der Waals surface area contributed by atoms with Gasteiger partial charge in [0.05, 0.1) is 29.5 Å². The van der Waals surface area contributed by atoms with E-state index in [-0.39, 0.29) is 24.2 Å². The highest BCUT2D eigenvalue weighted by atomic mass is 32.1. The summed E-state index contributed by atoms with van der Waals surface area (Å²) in [6, 6.07) is 4.79. The second-order valence-electron chi connectivity index (χ2n) is 6.80. The third-order valence-electron chi connectivity index (χ3n) is 4.86. The zero-order valence-corrected chi connectivity index (χ0v) is 15.6. The number of alkyl halides is 3. The number of aromatic nitrogens is 1. The van der Waals surface area contributed by atoms with Crippen LogP contribution in [0.3, 0.4) is 0 Å². The summed E-state index contributed by atoms with van der Waals surface area (Å²) in [6.07, 6.45) is -2.38. The van der Waals surface area contributed by atoms with Crippen LogP contribution in [0.5, 0.6) is 0 Å². The van der Waals surface area contributed by atoms with Gasteiger partial charge in [-0.1, -0.05) is 12.1 Å². The highest BCUT2D eigenvalue weighted by molar-refractivity contribution is 7.11. The average molecular weight is 409 g/mol. The number of aliphatic hydroxyl groups is 1. The Morgan fingerprint density at radius 1 is 1.29 bits per heavy atom. The first kappa shape index (κ1) is 18.9. The van der Waals surface area contributed by atoms with Gasteiger partial charge in [0.15, 0.2) is 0 Å². The number of rotatable bonds is 4. The number of nitrogens with one attached hydrogen (secondary N) is 1. The SMILES string of the molecule is N=C1C(c2nc(-c3ccc(C(F)(F)F)cc3)cs2)=C(O)CN1C[C@H]1CCCO1. The van der Waals surface area contributed by atoms with Crippen molar-refractivity contribution in [2.24, 2.45) is 0 Å². The van der Waals surface area contributed by atoms with Crippen molar-refractivity contribution in [2.75, 3.05) is 19.7 Å². The molecule has 9 heteroatoms. The van der Waals surface area contributed by atoms with Gasteiger partial charge in [-0.25, -0.2) is 4.98 Å². The van der Waals surface area contributed by atoms with Crippen LogP contribution in [-0.4, -0.2) is 46.6 Å². The fourth-order valence-corrected chi connectivity index (χ4v) is 4.29. The molecule has 2 aliphatic heterocycles. The molecule has 0 spiro atoms. The first-order chi connectivity index (χ1) is 13.3. The van der Waals surface area contributed by atoms with E-state index in [9.17, 15) is 18.3 Å². The molecule has 0 saturated carbocycles. The lowest BCUT2D eigenvalue weighted by Crippen LogP contribution is -2.34. The van der Waals surface area contributed by atoms with Gasteiger partial charge in [0, 0.05) is 24.1 Å². The molecule has 1 aromatic carbocycles. The average Bonchev–Trinajstić information content (AvgIpc) is 3.37. The third kappa shape index (κ3) is 3.64. The van der Waals surface area contributed by atoms with Gasteiger partial charge in [-0.05, 0) is 25.0 Å². The van der Waals surface area contributed by atoms with Crippen molar-refractivity contribution in [3.05, 3.63) is 46.0 Å². The Bertz CT molecular complexity index is 915. The van der Waals surface area contributed by atoms with Gasteiger partial charge in [-0.3, -0.25) is 5.41 Å². The monoisotopic (exact) mass is 409 g/mol. The van der Waals surface area contributed by atoms with Crippen molar-refractivity contribution in [3.8, 4) is 11.3 Å². The number of thiazole rings is 1. The maximum atomic E-state index is 12.7. The summed E-state index contributed by atoms with van der Waals surface area (Å²) in [7, 11) is 0. The number of nitrogens with zero attached hydrogens (tertiary/aromatic N) is 2. The van der Waals surface area contributed by atoms with E-state index in [1.807, 2.05) is 0 Å². The molecule has 3 heterocycles. The van der Waals surface area contributed by atoms with E-state index in [0.717, 1.165) is 31.6 Å². The second kappa shape index (κ2) is 7.21. The van der Waals surface area contributed by atoms with E-state index < -0.39 is 11.7 Å². The van der Waals surface area contributed by atoms with Crippen LogP contribution in [0.2, 0.25) is 0 Å². The number of benzene rings is 1. The van der Waals surface area contributed by atoms with Gasteiger partial charge in [-0.2, -0.15) is 13.2 Å². The molecule has 1 fully saturated rings. The minimum absolute atomic E-state index is 0.0616. The van der Waals surface area contributed by atoms with E-state index in [1.165, 1.54) is 23.5 Å². The first-order valence-corrected chi connectivity index (χ1v) is 9.72. The lowest BCUT2D eigenvalue weighted by atomic mass is 10.1. The Balaban J connectivity index is 1.52. The molecule has 0 bridgehead atoms. The summed E-state index contributed by atoms with van der Waals surface area (Å²) in [4.78, 5) is 6.21. The normalized spacial score (nSPS) is 20.5. The van der Waals surface area contributed by atoms with Crippen molar-refractivity contribution < 1.29 is 23.0 Å². The standard InChI is InChI=1S/C19H18F3N3O2S/c20-19(21,22)12-5-3-11(4-6-12)14-10-28-18(24-14)16-15(26)9-25(17(16)23)8-13-2-1-7-27-13/h3-6,10,13,23,26H,1-2,7-9H2/t13-/m1/s1. The predicted molar refractivity (Wildman–Crippen MR) is 100 cm³/mol. The van der Waals surface area contributed by atoms with Crippen molar-refractivity contribution >= 4 is 22.7 Å². The molecule has 0 amide bonds. The van der Waals surface area contributed by atoms with E-state index >= 15 is 0 Å². The summed E-state index contributed by atoms with van der Waals surface area (Å²) in [5.41, 5.74) is 0.728. The van der Waals surface area contributed by atoms with Crippen molar-refractivity contribution in [3.63, 3.8) is 0 Å². The molecule has 2 N–H and O–H groups in total. The van der Waals surface area contributed by atoms with E-state index in [2.05, 4.69) is 4.98 Å². The quantitative estimate of drug-likeness (QED) is 0.776. The number of aliphatic hydroxyl groups excluding tert-OH is 1. The predicted octanol–water partition coefficient (Wildman–Crippen LogP) is 4.57. The number of amidine groups is 1. The molecule has 0 unspecified atom stereocenters. The number of hydrogen-bond donors (Lipinski definition) is 2. The first-order valence-electron chi connectivity index (χ1n) is 8.84. The Morgan fingerprint density at radius 3 is 2.68 bits per heavy atom. The largest absolute Gasteiger partial charge is 0.510 e. The maximum absolute atomic E-state index is 12.7. The minimum atomic E-state index is -4.38. The zero-order chi connectivity index (χ0) is 19.9. The summed E-state index contributed by atoms with van der Waals surface area (Å²) in [5, 5.41) is 21.0. The van der Waals surface area contributed by atoms with Crippen LogP contribution in [0.15, 0.2) is 35.4 Å². The molecule has 1 saturated heterocycles. The number of hydrogen-bond acceptors (Lipinski definition) is 5. The van der Waals surface area contributed by atoms with Crippen LogP contribution >= 0.6 is 11.3 Å². The topological polar surface area (TPSA) is 69.4 Å². The van der Waals surface area contributed by atoms with E-state index in [0.29, 0.717) is 28.4 Å². The van der Waals surface area contributed by atoms with Crippen LogP contribution in [0.4, 0.5) is 13.2 Å². The van der Waals surface area contributed by atoms with Gasteiger partial charge in [0.1, 0.15) is 16.6 Å². The highest BCUT2D eigenvalue weighted by Gasteiger charge is 2.33. The molecule has 28 heavy (non-hydrogen) atoms. The molecule has 4 rings (SSSR count). The lowest BCUT2D eigenvalue weighted by Gasteiger charge is -2.21. The molecule has 0 aliphatic carbocycles. The lowest BCUT2D eigenvalue weighted by molar-refractivity contribution is -0.137. The molecule has 148 valence electrons. The summed E-state index contributed by atoms with van der Waals surface area (Å²) >= 11 is 1.25. The fraction of sp³-hybridized carbons (Fsp3) is 0.368. The smallest absolute Gasteiger partial charge is 0.416 e. The minimum Gasteiger partial charge on any atom is -0.510 e. The Hall–Kier alpha value is -2.39. The molecule has 5 nitrogen and oxygen atoms in total. The molecular formula is C19H18F3N3O2S. The van der Waals surface area contributed by atoms with Gasteiger partial charge in [-0.15, -0.1) is 11.3 Å². The van der Waals surface area contributed by atoms with Crippen LogP contribution in [0, 0.1) is 5.41 Å². The van der Waals surface area contributed by atoms with Crippen LogP contribution in [-0.2, 0) is 10.9 Å². The van der Waals surface area contributed by atoms with Gasteiger partial charge < -0.3 is 14.7 Å². The maximum Gasteiger partial charge on any atom is 0.416 e. The van der Waals surface area contributed by atoms with E-state index in [1.54, 1.807) is 10.3 Å². The van der Waals surface area contributed by atoms with Crippen LogP contribution in [0.25, 0.3) is 16.8 Å². The third-order valence-corrected chi connectivity index (χ3v) is 5.72.